The Balaban J connectivity index is 2.81. The Bertz CT molecular complexity index is 437. The second-order valence-electron chi connectivity index (χ2n) is 5.12. The van der Waals surface area contributed by atoms with Crippen molar-refractivity contribution in [2.24, 2.45) is 5.73 Å². The number of ether oxygens (including phenoxy) is 1. The fourth-order valence-corrected chi connectivity index (χ4v) is 2.27. The number of nitrogens with two attached hydrogens (primary N) is 1. The number of rotatable bonds is 7. The Labute approximate surface area is 123 Å². The zero-order valence-electron chi connectivity index (χ0n) is 12.7. The summed E-state index contributed by atoms with van der Waals surface area (Å²) in [4.78, 5) is 2.09. The summed E-state index contributed by atoms with van der Waals surface area (Å²) in [5.41, 5.74) is 5.90. The first kappa shape index (κ1) is 17.9. The molecular formula is C15H23F3N2O. The zero-order chi connectivity index (χ0) is 16.0. The van der Waals surface area contributed by atoms with Crippen LogP contribution in [0.15, 0.2) is 24.3 Å². The van der Waals surface area contributed by atoms with Gasteiger partial charge in [0, 0.05) is 25.7 Å². The summed E-state index contributed by atoms with van der Waals surface area (Å²) < 4.78 is 43.3. The van der Waals surface area contributed by atoms with Gasteiger partial charge in [-0.3, -0.25) is 4.90 Å². The van der Waals surface area contributed by atoms with E-state index in [2.05, 4.69) is 4.90 Å². The fraction of sp³-hybridized carbons (Fsp3) is 0.600. The summed E-state index contributed by atoms with van der Waals surface area (Å²) in [6.07, 6.45) is -4.34. The number of alkyl halides is 3. The molecule has 0 saturated carbocycles. The third kappa shape index (κ3) is 5.30. The number of likely N-dealkylation sites (N-methyl/N-ethyl adjacent to an activating group) is 1. The van der Waals surface area contributed by atoms with Crippen LogP contribution in [0.1, 0.15) is 31.0 Å². The van der Waals surface area contributed by atoms with Gasteiger partial charge in [0.1, 0.15) is 0 Å². The topological polar surface area (TPSA) is 38.5 Å². The van der Waals surface area contributed by atoms with Crippen LogP contribution in [-0.4, -0.2) is 37.7 Å². The van der Waals surface area contributed by atoms with E-state index in [0.29, 0.717) is 18.7 Å². The molecule has 0 heterocycles. The van der Waals surface area contributed by atoms with Crippen molar-refractivity contribution < 1.29 is 17.9 Å². The van der Waals surface area contributed by atoms with Gasteiger partial charge in [0.05, 0.1) is 12.2 Å². The van der Waals surface area contributed by atoms with Crippen LogP contribution < -0.4 is 5.73 Å². The Morgan fingerprint density at radius 2 is 2.00 bits per heavy atom. The van der Waals surface area contributed by atoms with Gasteiger partial charge in [-0.25, -0.2) is 0 Å². The lowest BCUT2D eigenvalue weighted by Gasteiger charge is -2.30. The van der Waals surface area contributed by atoms with Gasteiger partial charge in [-0.1, -0.05) is 19.1 Å². The summed E-state index contributed by atoms with van der Waals surface area (Å²) in [6.45, 7) is 5.81. The molecule has 21 heavy (non-hydrogen) atoms. The molecule has 0 aliphatic rings. The minimum Gasteiger partial charge on any atom is -0.383 e. The average molecular weight is 304 g/mol. The summed E-state index contributed by atoms with van der Waals surface area (Å²) in [6, 6.07) is 4.91. The molecule has 2 atom stereocenters. The number of hydrogen-bond donors (Lipinski definition) is 1. The molecule has 0 fully saturated rings. The molecule has 0 saturated heterocycles. The minimum atomic E-state index is -4.34. The number of hydrogen-bond acceptors (Lipinski definition) is 3. The molecular weight excluding hydrogens is 281 g/mol. The van der Waals surface area contributed by atoms with Gasteiger partial charge in [0.25, 0.3) is 0 Å². The van der Waals surface area contributed by atoms with Crippen molar-refractivity contribution in [3.63, 3.8) is 0 Å². The monoisotopic (exact) mass is 304 g/mol. The van der Waals surface area contributed by atoms with Crippen LogP contribution in [-0.2, 0) is 10.9 Å². The lowest BCUT2D eigenvalue weighted by Crippen LogP contribution is -2.40. The first-order valence-corrected chi connectivity index (χ1v) is 6.95. The Morgan fingerprint density at radius 3 is 2.52 bits per heavy atom. The highest BCUT2D eigenvalue weighted by Gasteiger charge is 2.30. The highest BCUT2D eigenvalue weighted by Crippen LogP contribution is 2.30. The summed E-state index contributed by atoms with van der Waals surface area (Å²) in [7, 11) is 1.62. The van der Waals surface area contributed by atoms with Crippen LogP contribution in [0.4, 0.5) is 13.2 Å². The van der Waals surface area contributed by atoms with Crippen LogP contribution >= 0.6 is 0 Å². The Kier molecular flexibility index (Phi) is 6.64. The van der Waals surface area contributed by atoms with E-state index in [9.17, 15) is 13.2 Å². The van der Waals surface area contributed by atoms with Crippen LogP contribution in [0.3, 0.4) is 0 Å². The third-order valence-corrected chi connectivity index (χ3v) is 3.51. The number of halogens is 3. The maximum atomic E-state index is 12.7. The molecule has 1 aromatic carbocycles. The first-order valence-electron chi connectivity index (χ1n) is 6.95. The Hall–Kier alpha value is -1.11. The van der Waals surface area contributed by atoms with Crippen LogP contribution in [0.25, 0.3) is 0 Å². The van der Waals surface area contributed by atoms with Gasteiger partial charge < -0.3 is 10.5 Å². The van der Waals surface area contributed by atoms with Crippen molar-refractivity contribution in [2.75, 3.05) is 26.8 Å². The first-order chi connectivity index (χ1) is 9.79. The highest BCUT2D eigenvalue weighted by atomic mass is 19.4. The van der Waals surface area contributed by atoms with E-state index in [1.54, 1.807) is 13.2 Å². The third-order valence-electron chi connectivity index (χ3n) is 3.51. The minimum absolute atomic E-state index is 0.164. The molecule has 1 rings (SSSR count). The van der Waals surface area contributed by atoms with Crippen molar-refractivity contribution in [1.82, 2.24) is 4.90 Å². The second kappa shape index (κ2) is 7.77. The number of nitrogens with zero attached hydrogens (tertiary/aromatic N) is 1. The maximum absolute atomic E-state index is 12.7. The summed E-state index contributed by atoms with van der Waals surface area (Å²) in [5.74, 6) is 0. The molecule has 1 aromatic rings. The molecule has 2 N–H and O–H groups in total. The lowest BCUT2D eigenvalue weighted by molar-refractivity contribution is -0.137. The molecule has 6 heteroatoms. The van der Waals surface area contributed by atoms with E-state index in [1.807, 2.05) is 13.8 Å². The maximum Gasteiger partial charge on any atom is 0.416 e. The van der Waals surface area contributed by atoms with E-state index < -0.39 is 17.8 Å². The van der Waals surface area contributed by atoms with Crippen LogP contribution in [0.2, 0.25) is 0 Å². The molecule has 0 spiro atoms. The normalized spacial score (nSPS) is 15.2. The van der Waals surface area contributed by atoms with E-state index in [0.717, 1.165) is 18.7 Å². The van der Waals surface area contributed by atoms with E-state index in [4.69, 9.17) is 10.5 Å². The van der Waals surface area contributed by atoms with Crippen molar-refractivity contribution in [3.8, 4) is 0 Å². The van der Waals surface area contributed by atoms with Crippen molar-refractivity contribution in [1.29, 1.82) is 0 Å². The van der Waals surface area contributed by atoms with Gasteiger partial charge in [0.2, 0.25) is 0 Å². The molecule has 120 valence electrons. The van der Waals surface area contributed by atoms with Crippen LogP contribution in [0.5, 0.6) is 0 Å². The molecule has 0 amide bonds. The standard InChI is InChI=1S/C15H23F3N2O/c1-4-20(11(2)10-21-3)9-14(19)12-6-5-7-13(8-12)15(16,17)18/h5-8,11,14H,4,9-10,19H2,1-3H3. The summed E-state index contributed by atoms with van der Waals surface area (Å²) in [5, 5.41) is 0. The highest BCUT2D eigenvalue weighted by molar-refractivity contribution is 5.28. The van der Waals surface area contributed by atoms with Crippen LogP contribution in [0, 0.1) is 0 Å². The SMILES string of the molecule is CCN(CC(N)c1cccc(C(F)(F)F)c1)C(C)COC. The summed E-state index contributed by atoms with van der Waals surface area (Å²) >= 11 is 0. The average Bonchev–Trinajstić information content (AvgIpc) is 2.43. The van der Waals surface area contributed by atoms with E-state index >= 15 is 0 Å². The van der Waals surface area contributed by atoms with Gasteiger partial charge in [-0.15, -0.1) is 0 Å². The zero-order valence-corrected chi connectivity index (χ0v) is 12.7. The fourth-order valence-electron chi connectivity index (χ4n) is 2.27. The van der Waals surface area contributed by atoms with Crippen molar-refractivity contribution in [2.45, 2.75) is 32.1 Å². The smallest absolute Gasteiger partial charge is 0.383 e. The predicted octanol–water partition coefficient (Wildman–Crippen LogP) is 3.06. The molecule has 3 nitrogen and oxygen atoms in total. The molecule has 0 aliphatic heterocycles. The number of methoxy groups -OCH3 is 1. The van der Waals surface area contributed by atoms with Gasteiger partial charge in [0.15, 0.2) is 0 Å². The second-order valence-corrected chi connectivity index (χ2v) is 5.12. The molecule has 2 unspecified atom stereocenters. The van der Waals surface area contributed by atoms with E-state index in [1.165, 1.54) is 6.07 Å². The number of benzene rings is 1. The van der Waals surface area contributed by atoms with Gasteiger partial charge in [-0.05, 0) is 31.2 Å². The lowest BCUT2D eigenvalue weighted by atomic mass is 10.0. The largest absolute Gasteiger partial charge is 0.416 e. The molecule has 0 radical (unpaired) electrons. The quantitative estimate of drug-likeness (QED) is 0.841. The molecule has 0 aliphatic carbocycles. The van der Waals surface area contributed by atoms with Crippen molar-refractivity contribution in [3.05, 3.63) is 35.4 Å². The van der Waals surface area contributed by atoms with E-state index in [-0.39, 0.29) is 6.04 Å². The van der Waals surface area contributed by atoms with Crippen molar-refractivity contribution >= 4 is 0 Å². The Morgan fingerprint density at radius 1 is 1.33 bits per heavy atom. The molecule has 0 aromatic heterocycles. The predicted molar refractivity (Wildman–Crippen MR) is 77.0 cm³/mol. The van der Waals surface area contributed by atoms with Gasteiger partial charge >= 0.3 is 6.18 Å². The van der Waals surface area contributed by atoms with Gasteiger partial charge in [-0.2, -0.15) is 13.2 Å². The molecule has 0 bridgehead atoms.